The van der Waals surface area contributed by atoms with Crippen molar-refractivity contribution in [3.8, 4) is 27.9 Å². The van der Waals surface area contributed by atoms with Crippen molar-refractivity contribution in [1.82, 2.24) is 4.57 Å². The molecule has 0 aliphatic rings. The fourth-order valence-corrected chi connectivity index (χ4v) is 10.3. The number of rotatable bonds is 3. The van der Waals surface area contributed by atoms with Gasteiger partial charge in [-0.05, 0) is 134 Å². The largest absolute Gasteiger partial charge is 0.309 e. The molecule has 0 unspecified atom stereocenters. The standard InChI is InChI=1S/C56H33N/c1-2-12-36(13-3-1)57-53-30-28-37(34-22-24-47-43-18-6-4-14-39(43)41-16-8-10-20-45(41)51(47)32-34)49-26-27-50-38(29-31-54(57)56(50)55(49)53)35-23-25-48-44-19-7-5-15-40(44)42-17-9-11-21-46(42)52(48)33-35/h1-33H. The zero-order valence-electron chi connectivity index (χ0n) is 31.0. The Kier molecular flexibility index (Phi) is 6.23. The normalized spacial score (nSPS) is 12.2. The molecule has 12 aromatic carbocycles. The Morgan fingerprint density at radius 3 is 0.930 bits per heavy atom. The first-order valence-corrected chi connectivity index (χ1v) is 19.8. The second kappa shape index (κ2) is 11.5. The molecule has 1 heterocycles. The lowest BCUT2D eigenvalue weighted by molar-refractivity contribution is 1.18. The Hall–Kier alpha value is -7.48. The molecule has 0 aliphatic heterocycles. The molecular weight excluding hydrogens is 687 g/mol. The summed E-state index contributed by atoms with van der Waals surface area (Å²) in [5, 5.41) is 20.7. The summed E-state index contributed by atoms with van der Waals surface area (Å²) in [6, 6.07) is 74.5. The SMILES string of the molecule is c1ccc(-n2c3ccc(-c4ccc5c6ccccc6c6ccccc6c5c4)c4ccc5c(-c6ccc7c8ccccc8c8ccccc8c7c6)ccc2c5c43)cc1. The Labute approximate surface area is 328 Å². The molecule has 0 bridgehead atoms. The highest BCUT2D eigenvalue weighted by atomic mass is 15.0. The van der Waals surface area contributed by atoms with Crippen LogP contribution in [0.4, 0.5) is 0 Å². The van der Waals surface area contributed by atoms with Gasteiger partial charge < -0.3 is 4.57 Å². The fourth-order valence-electron chi connectivity index (χ4n) is 10.3. The molecular formula is C56H33N. The van der Waals surface area contributed by atoms with Crippen LogP contribution < -0.4 is 0 Å². The molecule has 0 aliphatic carbocycles. The van der Waals surface area contributed by atoms with Crippen LogP contribution in [0.15, 0.2) is 200 Å². The van der Waals surface area contributed by atoms with Gasteiger partial charge in [0.1, 0.15) is 0 Å². The quantitative estimate of drug-likeness (QED) is 0.160. The molecule has 0 spiro atoms. The van der Waals surface area contributed by atoms with Crippen LogP contribution in [-0.2, 0) is 0 Å². The van der Waals surface area contributed by atoms with Gasteiger partial charge in [0.05, 0.1) is 11.0 Å². The maximum atomic E-state index is 2.46. The molecule has 1 nitrogen and oxygen atoms in total. The number of fused-ring (bicyclic) bond motifs is 12. The molecule has 0 atom stereocenters. The molecule has 0 amide bonds. The first-order valence-electron chi connectivity index (χ1n) is 19.8. The fraction of sp³-hybridized carbons (Fsp3) is 0. The topological polar surface area (TPSA) is 4.93 Å². The van der Waals surface area contributed by atoms with E-state index >= 15 is 0 Å². The molecule has 1 aromatic heterocycles. The maximum absolute atomic E-state index is 2.46. The Bertz CT molecular complexity index is 3490. The number of aromatic nitrogens is 1. The highest BCUT2D eigenvalue weighted by Gasteiger charge is 2.22. The first-order chi connectivity index (χ1) is 28.3. The van der Waals surface area contributed by atoms with Crippen molar-refractivity contribution in [2.75, 3.05) is 0 Å². The van der Waals surface area contributed by atoms with Crippen molar-refractivity contribution in [1.29, 1.82) is 0 Å². The summed E-state index contributed by atoms with van der Waals surface area (Å²) in [5.74, 6) is 0. The molecule has 13 rings (SSSR count). The van der Waals surface area contributed by atoms with E-state index < -0.39 is 0 Å². The summed E-state index contributed by atoms with van der Waals surface area (Å²) in [5.41, 5.74) is 8.61. The summed E-state index contributed by atoms with van der Waals surface area (Å²) >= 11 is 0. The van der Waals surface area contributed by atoms with Gasteiger partial charge in [0.15, 0.2) is 0 Å². The summed E-state index contributed by atoms with van der Waals surface area (Å²) < 4.78 is 2.46. The van der Waals surface area contributed by atoms with E-state index in [0.29, 0.717) is 0 Å². The van der Waals surface area contributed by atoms with Gasteiger partial charge >= 0.3 is 0 Å². The zero-order chi connectivity index (χ0) is 37.2. The van der Waals surface area contributed by atoms with Crippen LogP contribution in [0.1, 0.15) is 0 Å². The minimum absolute atomic E-state index is 1.17. The lowest BCUT2D eigenvalue weighted by atomic mass is 9.88. The molecule has 0 saturated carbocycles. The van der Waals surface area contributed by atoms with Crippen LogP contribution in [0.5, 0.6) is 0 Å². The number of para-hydroxylation sites is 1. The van der Waals surface area contributed by atoms with E-state index in [0.717, 1.165) is 0 Å². The van der Waals surface area contributed by atoms with E-state index in [-0.39, 0.29) is 0 Å². The molecule has 0 fully saturated rings. The second-order valence-electron chi connectivity index (χ2n) is 15.5. The van der Waals surface area contributed by atoms with Gasteiger partial charge in [0, 0.05) is 16.5 Å². The van der Waals surface area contributed by atoms with E-state index in [2.05, 4.69) is 205 Å². The summed E-state index contributed by atoms with van der Waals surface area (Å²) in [4.78, 5) is 0. The predicted molar refractivity (Wildman–Crippen MR) is 245 cm³/mol. The van der Waals surface area contributed by atoms with Crippen molar-refractivity contribution in [3.05, 3.63) is 200 Å². The molecule has 0 radical (unpaired) electrons. The van der Waals surface area contributed by atoms with Crippen LogP contribution in [0.3, 0.4) is 0 Å². The van der Waals surface area contributed by atoms with Gasteiger partial charge in [-0.3, -0.25) is 0 Å². The van der Waals surface area contributed by atoms with E-state index in [9.17, 15) is 0 Å². The smallest absolute Gasteiger partial charge is 0.0547 e. The number of benzene rings is 12. The van der Waals surface area contributed by atoms with Gasteiger partial charge in [-0.15, -0.1) is 0 Å². The van der Waals surface area contributed by atoms with Gasteiger partial charge in [0.2, 0.25) is 0 Å². The highest BCUT2D eigenvalue weighted by Crippen LogP contribution is 2.47. The average Bonchev–Trinajstić information content (AvgIpc) is 3.63. The van der Waals surface area contributed by atoms with Crippen LogP contribution in [0.2, 0.25) is 0 Å². The minimum atomic E-state index is 1.17. The predicted octanol–water partition coefficient (Wildman–Crippen LogP) is 15.6. The highest BCUT2D eigenvalue weighted by molar-refractivity contribution is 6.31. The van der Waals surface area contributed by atoms with Crippen molar-refractivity contribution in [3.63, 3.8) is 0 Å². The van der Waals surface area contributed by atoms with Crippen LogP contribution >= 0.6 is 0 Å². The third-order valence-corrected chi connectivity index (χ3v) is 12.7. The van der Waals surface area contributed by atoms with Gasteiger partial charge in [-0.1, -0.05) is 164 Å². The Morgan fingerprint density at radius 1 is 0.228 bits per heavy atom. The number of hydrogen-bond donors (Lipinski definition) is 0. The molecule has 262 valence electrons. The summed E-state index contributed by atoms with van der Waals surface area (Å²) in [6.07, 6.45) is 0. The number of nitrogens with zero attached hydrogens (tertiary/aromatic N) is 1. The van der Waals surface area contributed by atoms with Gasteiger partial charge in [-0.25, -0.2) is 0 Å². The minimum Gasteiger partial charge on any atom is -0.309 e. The molecule has 0 saturated heterocycles. The van der Waals surface area contributed by atoms with E-state index in [1.807, 2.05) is 0 Å². The summed E-state index contributed by atoms with van der Waals surface area (Å²) in [7, 11) is 0. The monoisotopic (exact) mass is 719 g/mol. The van der Waals surface area contributed by atoms with Crippen molar-refractivity contribution >= 4 is 97.2 Å². The lowest BCUT2D eigenvalue weighted by Gasteiger charge is -2.15. The third-order valence-electron chi connectivity index (χ3n) is 12.7. The molecule has 1 heteroatoms. The van der Waals surface area contributed by atoms with E-state index in [1.54, 1.807) is 0 Å². The van der Waals surface area contributed by atoms with Crippen molar-refractivity contribution in [2.24, 2.45) is 0 Å². The first kappa shape index (κ1) is 30.8. The molecule has 0 N–H and O–H groups in total. The van der Waals surface area contributed by atoms with Crippen molar-refractivity contribution < 1.29 is 0 Å². The molecule has 57 heavy (non-hydrogen) atoms. The van der Waals surface area contributed by atoms with Crippen LogP contribution in [-0.4, -0.2) is 4.57 Å². The van der Waals surface area contributed by atoms with Gasteiger partial charge in [-0.2, -0.15) is 0 Å². The van der Waals surface area contributed by atoms with Gasteiger partial charge in [0.25, 0.3) is 0 Å². The van der Waals surface area contributed by atoms with E-state index in [4.69, 9.17) is 0 Å². The lowest BCUT2D eigenvalue weighted by Crippen LogP contribution is -1.93. The molecule has 13 aromatic rings. The maximum Gasteiger partial charge on any atom is 0.0547 e. The Balaban J connectivity index is 1.09. The number of hydrogen-bond acceptors (Lipinski definition) is 0. The summed E-state index contributed by atoms with van der Waals surface area (Å²) in [6.45, 7) is 0. The van der Waals surface area contributed by atoms with Crippen LogP contribution in [0.25, 0.3) is 125 Å². The Morgan fingerprint density at radius 2 is 0.544 bits per heavy atom. The van der Waals surface area contributed by atoms with E-state index in [1.165, 1.54) is 125 Å². The average molecular weight is 720 g/mol. The second-order valence-corrected chi connectivity index (χ2v) is 15.5. The third kappa shape index (κ3) is 4.23. The zero-order valence-corrected chi connectivity index (χ0v) is 31.0. The van der Waals surface area contributed by atoms with Crippen molar-refractivity contribution in [2.45, 2.75) is 0 Å². The van der Waals surface area contributed by atoms with Crippen LogP contribution in [0, 0.1) is 0 Å².